The van der Waals surface area contributed by atoms with Gasteiger partial charge in [0.25, 0.3) is 0 Å². The number of benzene rings is 2. The zero-order valence-electron chi connectivity index (χ0n) is 14.3. The molecule has 1 unspecified atom stereocenters. The first-order valence-corrected chi connectivity index (χ1v) is 8.73. The van der Waals surface area contributed by atoms with Gasteiger partial charge in [0.1, 0.15) is 6.61 Å². The van der Waals surface area contributed by atoms with Crippen LogP contribution in [0.1, 0.15) is 37.8 Å². The fraction of sp³-hybridized carbons (Fsp3) is 0.316. The van der Waals surface area contributed by atoms with E-state index in [1.54, 1.807) is 19.1 Å². The maximum Gasteiger partial charge on any atom is 0.310 e. The van der Waals surface area contributed by atoms with Gasteiger partial charge in [0.2, 0.25) is 0 Å². The van der Waals surface area contributed by atoms with Crippen LogP contribution in [0.4, 0.5) is 5.69 Å². The van der Waals surface area contributed by atoms with Crippen LogP contribution in [0.15, 0.2) is 36.4 Å². The Hall–Kier alpha value is -1.91. The van der Waals surface area contributed by atoms with E-state index in [0.29, 0.717) is 34.0 Å². The lowest BCUT2D eigenvalue weighted by molar-refractivity contribution is -0.138. The summed E-state index contributed by atoms with van der Waals surface area (Å²) in [6.07, 6.45) is 0. The van der Waals surface area contributed by atoms with Gasteiger partial charge in [-0.3, -0.25) is 4.79 Å². The minimum absolute atomic E-state index is 0.298. The quantitative estimate of drug-likeness (QED) is 0.656. The number of hydrogen-bond donors (Lipinski definition) is 2. The maximum absolute atomic E-state index is 11.1. The second-order valence-corrected chi connectivity index (χ2v) is 6.98. The molecule has 0 spiro atoms. The Morgan fingerprint density at radius 1 is 1.16 bits per heavy atom. The molecule has 134 valence electrons. The fourth-order valence-corrected chi connectivity index (χ4v) is 2.96. The normalized spacial score (nSPS) is 12.1. The Morgan fingerprint density at radius 2 is 1.80 bits per heavy atom. The van der Waals surface area contributed by atoms with Gasteiger partial charge in [0.05, 0.1) is 16.0 Å². The van der Waals surface area contributed by atoms with Crippen molar-refractivity contribution >= 4 is 34.9 Å². The molecule has 2 aromatic rings. The van der Waals surface area contributed by atoms with E-state index in [1.807, 2.05) is 24.3 Å². The minimum Gasteiger partial charge on any atom is -0.486 e. The lowest BCUT2D eigenvalue weighted by Gasteiger charge is -2.15. The van der Waals surface area contributed by atoms with E-state index < -0.39 is 11.9 Å². The number of aliphatic carboxylic acids is 1. The Kier molecular flexibility index (Phi) is 6.57. The van der Waals surface area contributed by atoms with Gasteiger partial charge in [-0.05, 0) is 56.2 Å². The molecule has 0 aliphatic heterocycles. The van der Waals surface area contributed by atoms with Crippen LogP contribution in [0.3, 0.4) is 0 Å². The summed E-state index contributed by atoms with van der Waals surface area (Å²) in [4.78, 5) is 11.1. The predicted octanol–water partition coefficient (Wildman–Crippen LogP) is 5.58. The van der Waals surface area contributed by atoms with Crippen molar-refractivity contribution < 1.29 is 14.6 Å². The zero-order valence-corrected chi connectivity index (χ0v) is 15.9. The Balaban J connectivity index is 2.14. The zero-order chi connectivity index (χ0) is 18.6. The second-order valence-electron chi connectivity index (χ2n) is 6.16. The highest BCUT2D eigenvalue weighted by Crippen LogP contribution is 2.37. The summed E-state index contributed by atoms with van der Waals surface area (Å²) in [5, 5.41) is 13.0. The Bertz CT molecular complexity index is 739. The first-order valence-electron chi connectivity index (χ1n) is 7.98. The van der Waals surface area contributed by atoms with Crippen molar-refractivity contribution in [3.05, 3.63) is 57.6 Å². The first-order chi connectivity index (χ1) is 11.8. The molecule has 2 aromatic carbocycles. The average molecular weight is 382 g/mol. The van der Waals surface area contributed by atoms with E-state index >= 15 is 0 Å². The van der Waals surface area contributed by atoms with E-state index in [4.69, 9.17) is 33.0 Å². The standard InChI is InChI=1S/C19H21Cl2NO3/c1-11(2)22-15-6-4-5-13(7-15)10-25-18-16(20)8-14(9-17(18)21)12(3)19(23)24/h4-9,11-12,22H,10H2,1-3H3,(H,23,24). The molecular formula is C19H21Cl2NO3. The van der Waals surface area contributed by atoms with Gasteiger partial charge >= 0.3 is 5.97 Å². The number of rotatable bonds is 7. The highest BCUT2D eigenvalue weighted by molar-refractivity contribution is 6.37. The van der Waals surface area contributed by atoms with Crippen LogP contribution in [0, 0.1) is 0 Å². The summed E-state index contributed by atoms with van der Waals surface area (Å²) in [5.41, 5.74) is 2.53. The Labute approximate surface area is 157 Å². The number of carbonyl (C=O) groups is 1. The monoisotopic (exact) mass is 381 g/mol. The van der Waals surface area contributed by atoms with Gasteiger partial charge in [-0.15, -0.1) is 0 Å². The number of anilines is 1. The maximum atomic E-state index is 11.1. The van der Waals surface area contributed by atoms with Gasteiger partial charge < -0.3 is 15.2 Å². The van der Waals surface area contributed by atoms with E-state index in [1.165, 1.54) is 0 Å². The molecule has 0 fully saturated rings. The highest BCUT2D eigenvalue weighted by Gasteiger charge is 2.18. The van der Waals surface area contributed by atoms with Crippen LogP contribution in [-0.2, 0) is 11.4 Å². The van der Waals surface area contributed by atoms with Crippen molar-refractivity contribution in [2.45, 2.75) is 39.3 Å². The topological polar surface area (TPSA) is 58.6 Å². The molecule has 25 heavy (non-hydrogen) atoms. The molecule has 6 heteroatoms. The Morgan fingerprint density at radius 3 is 2.36 bits per heavy atom. The van der Waals surface area contributed by atoms with Crippen molar-refractivity contribution in [1.82, 2.24) is 0 Å². The number of hydrogen-bond acceptors (Lipinski definition) is 3. The van der Waals surface area contributed by atoms with Gasteiger partial charge in [-0.1, -0.05) is 35.3 Å². The molecule has 4 nitrogen and oxygen atoms in total. The van der Waals surface area contributed by atoms with Crippen molar-refractivity contribution in [2.24, 2.45) is 0 Å². The van der Waals surface area contributed by atoms with Crippen LogP contribution >= 0.6 is 23.2 Å². The number of ether oxygens (including phenoxy) is 1. The fourth-order valence-electron chi connectivity index (χ4n) is 2.35. The van der Waals surface area contributed by atoms with E-state index in [2.05, 4.69) is 19.2 Å². The van der Waals surface area contributed by atoms with Crippen molar-refractivity contribution in [3.63, 3.8) is 0 Å². The van der Waals surface area contributed by atoms with Gasteiger partial charge in [0.15, 0.2) is 5.75 Å². The molecule has 0 aliphatic carbocycles. The van der Waals surface area contributed by atoms with E-state index in [-0.39, 0.29) is 0 Å². The first kappa shape index (κ1) is 19.4. The number of halogens is 2. The third-order valence-corrected chi connectivity index (χ3v) is 4.22. The number of nitrogens with one attached hydrogen (secondary N) is 1. The molecule has 1 atom stereocenters. The summed E-state index contributed by atoms with van der Waals surface area (Å²) in [7, 11) is 0. The van der Waals surface area contributed by atoms with Crippen LogP contribution < -0.4 is 10.1 Å². The predicted molar refractivity (Wildman–Crippen MR) is 102 cm³/mol. The summed E-state index contributed by atoms with van der Waals surface area (Å²) < 4.78 is 5.77. The third kappa shape index (κ3) is 5.28. The van der Waals surface area contributed by atoms with Crippen LogP contribution in [0.5, 0.6) is 5.75 Å². The molecule has 2 rings (SSSR count). The van der Waals surface area contributed by atoms with E-state index in [9.17, 15) is 4.79 Å². The molecule has 2 N–H and O–H groups in total. The molecule has 0 aromatic heterocycles. The van der Waals surface area contributed by atoms with Gasteiger partial charge in [-0.25, -0.2) is 0 Å². The molecule has 0 radical (unpaired) electrons. The van der Waals surface area contributed by atoms with Gasteiger partial charge in [-0.2, -0.15) is 0 Å². The highest BCUT2D eigenvalue weighted by atomic mass is 35.5. The van der Waals surface area contributed by atoms with Crippen molar-refractivity contribution in [1.29, 1.82) is 0 Å². The third-order valence-electron chi connectivity index (χ3n) is 3.66. The lowest BCUT2D eigenvalue weighted by Crippen LogP contribution is -2.10. The van der Waals surface area contributed by atoms with Crippen molar-refractivity contribution in [2.75, 3.05) is 5.32 Å². The number of carboxylic acid groups (broad SMARTS) is 1. The van der Waals surface area contributed by atoms with Gasteiger partial charge in [0, 0.05) is 11.7 Å². The molecule has 0 saturated carbocycles. The summed E-state index contributed by atoms with van der Waals surface area (Å²) in [5.74, 6) is -1.27. The molecule has 0 amide bonds. The smallest absolute Gasteiger partial charge is 0.310 e. The van der Waals surface area contributed by atoms with Crippen LogP contribution in [0.25, 0.3) is 0 Å². The summed E-state index contributed by atoms with van der Waals surface area (Å²) in [6, 6.07) is 11.4. The SMILES string of the molecule is CC(C)Nc1cccc(COc2c(Cl)cc(C(C)C(=O)O)cc2Cl)c1. The largest absolute Gasteiger partial charge is 0.486 e. The molecule has 0 saturated heterocycles. The lowest BCUT2D eigenvalue weighted by atomic mass is 10.0. The van der Waals surface area contributed by atoms with Crippen molar-refractivity contribution in [3.8, 4) is 5.75 Å². The summed E-state index contributed by atoms with van der Waals surface area (Å²) >= 11 is 12.5. The number of carboxylic acids is 1. The average Bonchev–Trinajstić information content (AvgIpc) is 2.52. The molecule has 0 bridgehead atoms. The van der Waals surface area contributed by atoms with Crippen LogP contribution in [0.2, 0.25) is 10.0 Å². The summed E-state index contributed by atoms with van der Waals surface area (Å²) in [6.45, 7) is 6.03. The second kappa shape index (κ2) is 8.45. The van der Waals surface area contributed by atoms with Crippen LogP contribution in [-0.4, -0.2) is 17.1 Å². The van der Waals surface area contributed by atoms with E-state index in [0.717, 1.165) is 11.3 Å². The molecule has 0 aliphatic rings. The molecular weight excluding hydrogens is 361 g/mol. The molecule has 0 heterocycles. The minimum atomic E-state index is -0.935.